The van der Waals surface area contributed by atoms with Crippen LogP contribution >= 0.6 is 0 Å². The minimum atomic E-state index is -0.937. The van der Waals surface area contributed by atoms with Gasteiger partial charge in [-0.1, -0.05) is 92.1 Å². The summed E-state index contributed by atoms with van der Waals surface area (Å²) in [5.41, 5.74) is 0.530. The van der Waals surface area contributed by atoms with Gasteiger partial charge in [-0.25, -0.2) is 14.8 Å². The first-order valence-electron chi connectivity index (χ1n) is 20.9. The van der Waals surface area contributed by atoms with E-state index in [1.165, 1.54) is 6.33 Å². The molecule has 0 radical (unpaired) electrons. The maximum Gasteiger partial charge on any atom is 0.329 e. The number of amides is 3. The second kappa shape index (κ2) is 21.2. The third kappa shape index (κ3) is 12.5. The van der Waals surface area contributed by atoms with E-state index < -0.39 is 47.8 Å². The molecule has 0 saturated carbocycles. The highest BCUT2D eigenvalue weighted by Crippen LogP contribution is 2.34. The second-order valence-corrected chi connectivity index (χ2v) is 17.9. The van der Waals surface area contributed by atoms with Gasteiger partial charge in [-0.2, -0.15) is 0 Å². The van der Waals surface area contributed by atoms with Crippen LogP contribution in [0.1, 0.15) is 106 Å². The predicted octanol–water partition coefficient (Wildman–Crippen LogP) is 6.24. The van der Waals surface area contributed by atoms with Crippen molar-refractivity contribution >= 4 is 29.5 Å². The number of methoxy groups -OCH3 is 2. The molecule has 0 unspecified atom stereocenters. The number of aryl methyl sites for hydroxylation is 1. The fourth-order valence-electron chi connectivity index (χ4n) is 7.55. The fraction of sp³-hybridized carbons (Fsp3) is 0.689. The average molecular weight is 809 g/mol. The van der Waals surface area contributed by atoms with E-state index in [0.29, 0.717) is 18.8 Å². The van der Waals surface area contributed by atoms with Crippen LogP contribution in [0.2, 0.25) is 0 Å². The monoisotopic (exact) mass is 809 g/mol. The number of nitrogens with zero attached hydrogens (tertiary/aromatic N) is 4. The SMILES string of the molecule is CC[C@H](C)[C@@H]([C@@H](CC(=O)N1CCC[C@H]1[C@H](OC)[C@@H](C)C(=O)N[C@@H](Cc1ccccc1)C(=O)OC(C)(C)C(C)(C)C)OC)N(C)C(=O)[C@@H](Nc1cc(C)ncn1)C(C)C. The molecule has 2 N–H and O–H groups in total. The zero-order chi connectivity index (χ0) is 43.5. The number of ether oxygens (including phenoxy) is 3. The summed E-state index contributed by atoms with van der Waals surface area (Å²) in [6, 6.07) is 9.02. The summed E-state index contributed by atoms with van der Waals surface area (Å²) in [4.78, 5) is 68.4. The van der Waals surface area contributed by atoms with Gasteiger partial charge in [0.25, 0.3) is 0 Å². The van der Waals surface area contributed by atoms with E-state index in [9.17, 15) is 19.2 Å². The molecule has 1 aromatic heterocycles. The van der Waals surface area contributed by atoms with Crippen molar-refractivity contribution in [2.45, 2.75) is 150 Å². The van der Waals surface area contributed by atoms with Crippen molar-refractivity contribution < 1.29 is 33.4 Å². The first-order chi connectivity index (χ1) is 27.2. The molecule has 2 heterocycles. The predicted molar refractivity (Wildman–Crippen MR) is 227 cm³/mol. The Hall–Kier alpha value is -4.10. The molecule has 13 nitrogen and oxygen atoms in total. The van der Waals surface area contributed by atoms with Crippen LogP contribution in [0.25, 0.3) is 0 Å². The number of rotatable bonds is 20. The minimum absolute atomic E-state index is 0.00937. The standard InChI is InChI=1S/C45H72N6O7/c1-15-29(4)39(50(12)42(54)38(28(2)3)49-36-24-30(5)46-27-47-36)35(56-13)26-37(52)51-23-19-22-34(51)40(57-14)31(6)41(53)48-33(25-32-20-17-16-18-21-32)43(55)58-45(10,11)44(7,8)9/h16-18,20-21,24,27-29,31,33-35,38-40H,15,19,22-23,25-26H2,1-14H3,(H,48,53)(H,46,47,49)/t29-,31+,33-,34-,35+,38-,39-,40+/m0/s1. The summed E-state index contributed by atoms with van der Waals surface area (Å²) >= 11 is 0. The summed E-state index contributed by atoms with van der Waals surface area (Å²) in [5, 5.41) is 6.30. The Balaban J connectivity index is 1.82. The lowest BCUT2D eigenvalue weighted by Gasteiger charge is -2.41. The molecule has 0 aliphatic carbocycles. The molecular weight excluding hydrogens is 737 g/mol. The van der Waals surface area contributed by atoms with Crippen LogP contribution in [0.4, 0.5) is 5.82 Å². The van der Waals surface area contributed by atoms with Crippen molar-refractivity contribution in [2.75, 3.05) is 33.1 Å². The van der Waals surface area contributed by atoms with Crippen LogP contribution in [-0.4, -0.2) is 113 Å². The molecule has 3 rings (SSSR count). The van der Waals surface area contributed by atoms with E-state index in [4.69, 9.17) is 14.2 Å². The maximum atomic E-state index is 14.3. The van der Waals surface area contributed by atoms with Crippen LogP contribution in [0, 0.1) is 30.1 Å². The number of aromatic nitrogens is 2. The summed E-state index contributed by atoms with van der Waals surface area (Å²) in [6.07, 6.45) is 2.66. The molecule has 0 bridgehead atoms. The molecule has 1 aliphatic heterocycles. The quantitative estimate of drug-likeness (QED) is 0.147. The van der Waals surface area contributed by atoms with Crippen LogP contribution < -0.4 is 10.6 Å². The first-order valence-corrected chi connectivity index (χ1v) is 20.9. The van der Waals surface area contributed by atoms with Crippen molar-refractivity contribution in [1.82, 2.24) is 25.1 Å². The Morgan fingerprint density at radius 3 is 2.19 bits per heavy atom. The molecule has 58 heavy (non-hydrogen) atoms. The number of benzene rings is 1. The number of carbonyl (C=O) groups is 4. The topological polar surface area (TPSA) is 152 Å². The van der Waals surface area contributed by atoms with E-state index in [1.54, 1.807) is 38.0 Å². The van der Waals surface area contributed by atoms with Gasteiger partial charge in [0, 0.05) is 51.4 Å². The average Bonchev–Trinajstić information content (AvgIpc) is 3.65. The number of hydrogen-bond donors (Lipinski definition) is 2. The molecule has 8 atom stereocenters. The van der Waals surface area contributed by atoms with E-state index in [1.807, 2.05) is 91.8 Å². The summed E-state index contributed by atoms with van der Waals surface area (Å²) < 4.78 is 18.1. The Kier molecular flexibility index (Phi) is 17.7. The Bertz CT molecular complexity index is 1650. The van der Waals surface area contributed by atoms with Gasteiger partial charge >= 0.3 is 5.97 Å². The number of likely N-dealkylation sites (N-methyl/N-ethyl adjacent to an activating group) is 1. The van der Waals surface area contributed by atoms with Crippen LogP contribution in [0.3, 0.4) is 0 Å². The molecule has 324 valence electrons. The van der Waals surface area contributed by atoms with Gasteiger partial charge in [-0.15, -0.1) is 0 Å². The molecule has 1 aromatic carbocycles. The second-order valence-electron chi connectivity index (χ2n) is 17.9. The lowest BCUT2D eigenvalue weighted by Crippen LogP contribution is -2.56. The highest BCUT2D eigenvalue weighted by Gasteiger charge is 2.44. The lowest BCUT2D eigenvalue weighted by molar-refractivity contribution is -0.171. The largest absolute Gasteiger partial charge is 0.458 e. The van der Waals surface area contributed by atoms with Crippen molar-refractivity contribution in [3.63, 3.8) is 0 Å². The normalized spacial score (nSPS) is 18.4. The van der Waals surface area contributed by atoms with Crippen LogP contribution in [-0.2, 0) is 39.8 Å². The third-order valence-corrected chi connectivity index (χ3v) is 12.3. The van der Waals surface area contributed by atoms with Crippen molar-refractivity contribution in [3.05, 3.63) is 54.0 Å². The zero-order valence-electron chi connectivity index (χ0n) is 37.6. The van der Waals surface area contributed by atoms with Gasteiger partial charge in [-0.3, -0.25) is 14.4 Å². The Morgan fingerprint density at radius 1 is 0.983 bits per heavy atom. The van der Waals surface area contributed by atoms with Gasteiger partial charge in [0.2, 0.25) is 17.7 Å². The van der Waals surface area contributed by atoms with E-state index >= 15 is 0 Å². The number of hydrogen-bond acceptors (Lipinski definition) is 10. The molecule has 1 fully saturated rings. The number of esters is 1. The van der Waals surface area contributed by atoms with Gasteiger partial charge in [0.05, 0.1) is 36.6 Å². The Labute approximate surface area is 347 Å². The van der Waals surface area contributed by atoms with Crippen molar-refractivity contribution in [3.8, 4) is 0 Å². The van der Waals surface area contributed by atoms with Gasteiger partial charge in [0.1, 0.15) is 29.8 Å². The highest BCUT2D eigenvalue weighted by molar-refractivity contribution is 5.87. The summed E-state index contributed by atoms with van der Waals surface area (Å²) in [7, 11) is 4.91. The molecule has 13 heteroatoms. The molecule has 3 amide bonds. The molecule has 1 aliphatic rings. The van der Waals surface area contributed by atoms with Gasteiger partial charge in [-0.05, 0) is 51.0 Å². The highest BCUT2D eigenvalue weighted by atomic mass is 16.6. The zero-order valence-corrected chi connectivity index (χ0v) is 37.6. The third-order valence-electron chi connectivity index (χ3n) is 12.3. The number of likely N-dealkylation sites (tertiary alicyclic amines) is 1. The Morgan fingerprint density at radius 2 is 1.64 bits per heavy atom. The van der Waals surface area contributed by atoms with E-state index in [2.05, 4.69) is 34.4 Å². The van der Waals surface area contributed by atoms with Crippen molar-refractivity contribution in [2.24, 2.45) is 23.2 Å². The van der Waals surface area contributed by atoms with Crippen molar-refractivity contribution in [1.29, 1.82) is 0 Å². The van der Waals surface area contributed by atoms with Gasteiger partial charge < -0.3 is 34.6 Å². The summed E-state index contributed by atoms with van der Waals surface area (Å²) in [5.74, 6) is -1.33. The molecule has 2 aromatic rings. The molecule has 1 saturated heterocycles. The molecule has 0 spiro atoms. The maximum absolute atomic E-state index is 14.3. The fourth-order valence-corrected chi connectivity index (χ4v) is 7.55. The lowest BCUT2D eigenvalue weighted by atomic mass is 9.79. The molecular formula is C45H72N6O7. The van der Waals surface area contributed by atoms with Crippen LogP contribution in [0.5, 0.6) is 0 Å². The first kappa shape index (κ1) is 48.3. The van der Waals surface area contributed by atoms with E-state index in [-0.39, 0.29) is 53.9 Å². The smallest absolute Gasteiger partial charge is 0.329 e. The number of carbonyl (C=O) groups excluding carboxylic acids is 4. The number of anilines is 1. The van der Waals surface area contributed by atoms with Gasteiger partial charge in [0.15, 0.2) is 0 Å². The summed E-state index contributed by atoms with van der Waals surface area (Å²) in [6.45, 7) is 22.0. The number of nitrogens with one attached hydrogen (secondary N) is 2. The van der Waals surface area contributed by atoms with Crippen LogP contribution in [0.15, 0.2) is 42.7 Å². The van der Waals surface area contributed by atoms with E-state index in [0.717, 1.165) is 24.1 Å². The minimum Gasteiger partial charge on any atom is -0.458 e.